The van der Waals surface area contributed by atoms with Gasteiger partial charge in [0.15, 0.2) is 12.4 Å². The molecule has 112 valence electrons. The first-order valence-electron chi connectivity index (χ1n) is 6.44. The van der Waals surface area contributed by atoms with Crippen molar-refractivity contribution in [1.82, 2.24) is 0 Å². The van der Waals surface area contributed by atoms with Gasteiger partial charge >= 0.3 is 5.97 Å². The van der Waals surface area contributed by atoms with Crippen molar-refractivity contribution < 1.29 is 18.7 Å². The molecule has 0 saturated carbocycles. The Kier molecular flexibility index (Phi) is 5.61. The molecule has 0 saturated heterocycles. The predicted molar refractivity (Wildman–Crippen MR) is 84.9 cm³/mol. The van der Waals surface area contributed by atoms with Gasteiger partial charge in [0.05, 0.1) is 0 Å². The third kappa shape index (κ3) is 4.63. The lowest BCUT2D eigenvalue weighted by Crippen LogP contribution is -2.12. The Balaban J connectivity index is 1.89. The number of carbonyl (C=O) groups excluding carboxylic acids is 2. The number of esters is 1. The third-order valence-corrected chi connectivity index (χ3v) is 3.34. The molecule has 2 rings (SSSR count). The van der Waals surface area contributed by atoms with E-state index in [0.29, 0.717) is 5.56 Å². The zero-order valence-electron chi connectivity index (χ0n) is 11.5. The SMILES string of the molecule is O=C(/C=C/c1ccccc1F)OCC(=O)c1ccc(Br)cc1. The fourth-order valence-corrected chi connectivity index (χ4v) is 1.94. The van der Waals surface area contributed by atoms with E-state index < -0.39 is 11.8 Å². The summed E-state index contributed by atoms with van der Waals surface area (Å²) < 4.78 is 19.0. The van der Waals surface area contributed by atoms with Crippen molar-refractivity contribution in [3.8, 4) is 0 Å². The minimum atomic E-state index is -0.700. The molecule has 0 radical (unpaired) electrons. The summed E-state index contributed by atoms with van der Waals surface area (Å²) in [6.45, 7) is -0.359. The van der Waals surface area contributed by atoms with E-state index in [-0.39, 0.29) is 18.0 Å². The first-order valence-corrected chi connectivity index (χ1v) is 7.23. The summed E-state index contributed by atoms with van der Waals surface area (Å²) in [6, 6.07) is 12.8. The first-order chi connectivity index (χ1) is 10.6. The van der Waals surface area contributed by atoms with Crippen LogP contribution in [0.4, 0.5) is 4.39 Å². The highest BCUT2D eigenvalue weighted by molar-refractivity contribution is 9.10. The smallest absolute Gasteiger partial charge is 0.331 e. The summed E-state index contributed by atoms with van der Waals surface area (Å²) in [5.74, 6) is -1.44. The Morgan fingerprint density at radius 2 is 1.77 bits per heavy atom. The van der Waals surface area contributed by atoms with Crippen LogP contribution in [0.3, 0.4) is 0 Å². The fourth-order valence-electron chi connectivity index (χ4n) is 1.67. The number of ketones is 1. The van der Waals surface area contributed by atoms with Gasteiger partial charge in [-0.25, -0.2) is 9.18 Å². The van der Waals surface area contributed by atoms with E-state index in [4.69, 9.17) is 4.74 Å². The lowest BCUT2D eigenvalue weighted by atomic mass is 10.1. The summed E-state index contributed by atoms with van der Waals surface area (Å²) in [5, 5.41) is 0. The molecule has 0 heterocycles. The Hall–Kier alpha value is -2.27. The summed E-state index contributed by atoms with van der Waals surface area (Å²) in [6.07, 6.45) is 2.40. The number of halogens is 2. The van der Waals surface area contributed by atoms with Gasteiger partial charge in [0, 0.05) is 21.7 Å². The lowest BCUT2D eigenvalue weighted by Gasteiger charge is -2.02. The molecule has 0 atom stereocenters. The second kappa shape index (κ2) is 7.66. The molecule has 5 heteroatoms. The standard InChI is InChI=1S/C17H12BrFO3/c18-14-8-5-13(6-9-14)16(20)11-22-17(21)10-7-12-3-1-2-4-15(12)19/h1-10H,11H2/b10-7+. The number of Topliss-reactive ketones (excluding diaryl/α,β-unsaturated/α-hetero) is 1. The highest BCUT2D eigenvalue weighted by Gasteiger charge is 2.08. The van der Waals surface area contributed by atoms with Gasteiger partial charge in [0.1, 0.15) is 5.82 Å². The van der Waals surface area contributed by atoms with E-state index in [1.807, 2.05) is 0 Å². The van der Waals surface area contributed by atoms with Crippen LogP contribution in [0.5, 0.6) is 0 Å². The van der Waals surface area contributed by atoms with Crippen LogP contribution < -0.4 is 0 Å². The van der Waals surface area contributed by atoms with E-state index >= 15 is 0 Å². The maximum atomic E-state index is 13.3. The van der Waals surface area contributed by atoms with E-state index in [9.17, 15) is 14.0 Å². The molecule has 0 N–H and O–H groups in total. The summed E-state index contributed by atoms with van der Waals surface area (Å²) in [4.78, 5) is 23.3. The highest BCUT2D eigenvalue weighted by Crippen LogP contribution is 2.11. The average molecular weight is 363 g/mol. The van der Waals surface area contributed by atoms with Crippen LogP contribution in [0.2, 0.25) is 0 Å². The van der Waals surface area contributed by atoms with E-state index in [1.54, 1.807) is 36.4 Å². The maximum Gasteiger partial charge on any atom is 0.331 e. The van der Waals surface area contributed by atoms with Gasteiger partial charge in [-0.15, -0.1) is 0 Å². The number of ether oxygens (including phenoxy) is 1. The normalized spacial score (nSPS) is 10.6. The van der Waals surface area contributed by atoms with Gasteiger partial charge in [0.2, 0.25) is 0 Å². The van der Waals surface area contributed by atoms with Crippen molar-refractivity contribution in [3.63, 3.8) is 0 Å². The number of hydrogen-bond acceptors (Lipinski definition) is 3. The highest BCUT2D eigenvalue weighted by atomic mass is 79.9. The molecule has 22 heavy (non-hydrogen) atoms. The predicted octanol–water partition coefficient (Wildman–Crippen LogP) is 4.03. The van der Waals surface area contributed by atoms with Crippen molar-refractivity contribution in [2.75, 3.05) is 6.61 Å². The molecule has 0 bridgehead atoms. The zero-order chi connectivity index (χ0) is 15.9. The molecule has 0 aromatic heterocycles. The topological polar surface area (TPSA) is 43.4 Å². The molecule has 2 aromatic carbocycles. The Morgan fingerprint density at radius 1 is 1.09 bits per heavy atom. The Bertz CT molecular complexity index is 708. The van der Waals surface area contributed by atoms with Crippen LogP contribution in [-0.4, -0.2) is 18.4 Å². The minimum Gasteiger partial charge on any atom is -0.454 e. The third-order valence-electron chi connectivity index (χ3n) is 2.82. The first kappa shape index (κ1) is 16.1. The van der Waals surface area contributed by atoms with Gasteiger partial charge in [-0.3, -0.25) is 4.79 Å². The average Bonchev–Trinajstić information content (AvgIpc) is 2.52. The molecule has 0 aliphatic carbocycles. The van der Waals surface area contributed by atoms with Crippen LogP contribution in [0.1, 0.15) is 15.9 Å². The largest absolute Gasteiger partial charge is 0.454 e. The Morgan fingerprint density at radius 3 is 2.45 bits per heavy atom. The number of rotatable bonds is 5. The molecule has 0 spiro atoms. The van der Waals surface area contributed by atoms with Gasteiger partial charge in [-0.05, 0) is 24.3 Å². The van der Waals surface area contributed by atoms with Crippen LogP contribution in [0.25, 0.3) is 6.08 Å². The second-order valence-electron chi connectivity index (χ2n) is 4.39. The van der Waals surface area contributed by atoms with Crippen molar-refractivity contribution in [2.45, 2.75) is 0 Å². The lowest BCUT2D eigenvalue weighted by molar-refractivity contribution is -0.136. The molecular formula is C17H12BrFO3. The molecule has 3 nitrogen and oxygen atoms in total. The van der Waals surface area contributed by atoms with Crippen LogP contribution >= 0.6 is 15.9 Å². The van der Waals surface area contributed by atoms with Crippen molar-refractivity contribution in [3.05, 3.63) is 76.0 Å². The van der Waals surface area contributed by atoms with Gasteiger partial charge < -0.3 is 4.74 Å². The quantitative estimate of drug-likeness (QED) is 0.458. The molecule has 0 aliphatic rings. The van der Waals surface area contributed by atoms with Gasteiger partial charge in [-0.2, -0.15) is 0 Å². The maximum absolute atomic E-state index is 13.3. The fraction of sp³-hybridized carbons (Fsp3) is 0.0588. The van der Waals surface area contributed by atoms with E-state index in [1.165, 1.54) is 18.2 Å². The van der Waals surface area contributed by atoms with Crippen LogP contribution in [0, 0.1) is 5.82 Å². The summed E-state index contributed by atoms with van der Waals surface area (Å²) in [5.41, 5.74) is 0.729. The number of carbonyl (C=O) groups is 2. The van der Waals surface area contributed by atoms with Crippen LogP contribution in [-0.2, 0) is 9.53 Å². The summed E-state index contributed by atoms with van der Waals surface area (Å²) in [7, 11) is 0. The second-order valence-corrected chi connectivity index (χ2v) is 5.31. The molecule has 2 aromatic rings. The van der Waals surface area contributed by atoms with Gasteiger partial charge in [-0.1, -0.05) is 46.3 Å². The number of benzene rings is 2. The van der Waals surface area contributed by atoms with Crippen molar-refractivity contribution >= 4 is 33.8 Å². The van der Waals surface area contributed by atoms with Crippen molar-refractivity contribution in [1.29, 1.82) is 0 Å². The molecular weight excluding hydrogens is 351 g/mol. The molecule has 0 fully saturated rings. The van der Waals surface area contributed by atoms with Crippen LogP contribution in [0.15, 0.2) is 59.1 Å². The molecule has 0 aliphatic heterocycles. The number of hydrogen-bond donors (Lipinski definition) is 0. The van der Waals surface area contributed by atoms with Gasteiger partial charge in [0.25, 0.3) is 0 Å². The molecule has 0 unspecified atom stereocenters. The van der Waals surface area contributed by atoms with Crippen molar-refractivity contribution in [2.24, 2.45) is 0 Å². The molecule has 0 amide bonds. The van der Waals surface area contributed by atoms with E-state index in [0.717, 1.165) is 10.5 Å². The zero-order valence-corrected chi connectivity index (χ0v) is 13.0. The van der Waals surface area contributed by atoms with E-state index in [2.05, 4.69) is 15.9 Å². The summed E-state index contributed by atoms with van der Waals surface area (Å²) >= 11 is 3.27. The Labute approximate surface area is 135 Å². The minimum absolute atomic E-state index is 0.277. The monoisotopic (exact) mass is 362 g/mol.